The predicted octanol–water partition coefficient (Wildman–Crippen LogP) is 3.15. The SMILES string of the molecule is CC(NCC1(O)CCC1)c1ccc(F)cc1Br. The Labute approximate surface area is 109 Å². The molecule has 1 atom stereocenters. The first kappa shape index (κ1) is 13.0. The summed E-state index contributed by atoms with van der Waals surface area (Å²) in [7, 11) is 0. The quantitative estimate of drug-likeness (QED) is 0.895. The molecule has 2 N–H and O–H groups in total. The summed E-state index contributed by atoms with van der Waals surface area (Å²) < 4.78 is 13.7. The maximum absolute atomic E-state index is 13.0. The molecule has 0 aromatic heterocycles. The summed E-state index contributed by atoms with van der Waals surface area (Å²) in [5, 5.41) is 13.3. The third-order valence-corrected chi connectivity index (χ3v) is 4.14. The Balaban J connectivity index is 1.96. The average Bonchev–Trinajstić information content (AvgIpc) is 2.23. The van der Waals surface area contributed by atoms with Gasteiger partial charge < -0.3 is 10.4 Å². The van der Waals surface area contributed by atoms with Gasteiger partial charge in [-0.05, 0) is 43.9 Å². The Kier molecular flexibility index (Phi) is 3.85. The fourth-order valence-corrected chi connectivity index (χ4v) is 2.76. The Hall–Kier alpha value is -0.450. The van der Waals surface area contributed by atoms with Crippen molar-refractivity contribution in [2.75, 3.05) is 6.54 Å². The van der Waals surface area contributed by atoms with Crippen LogP contribution in [-0.2, 0) is 0 Å². The largest absolute Gasteiger partial charge is 0.389 e. The monoisotopic (exact) mass is 301 g/mol. The van der Waals surface area contributed by atoms with E-state index in [2.05, 4.69) is 21.2 Å². The number of halogens is 2. The molecule has 1 unspecified atom stereocenters. The first-order valence-electron chi connectivity index (χ1n) is 5.91. The number of benzene rings is 1. The minimum atomic E-state index is -0.527. The molecule has 1 aromatic rings. The van der Waals surface area contributed by atoms with Crippen LogP contribution in [0.5, 0.6) is 0 Å². The van der Waals surface area contributed by atoms with E-state index in [1.54, 1.807) is 6.07 Å². The van der Waals surface area contributed by atoms with Crippen LogP contribution in [0.2, 0.25) is 0 Å². The van der Waals surface area contributed by atoms with Gasteiger partial charge in [-0.3, -0.25) is 0 Å². The second-order valence-electron chi connectivity index (χ2n) is 4.85. The molecule has 1 fully saturated rings. The van der Waals surface area contributed by atoms with Gasteiger partial charge in [-0.2, -0.15) is 0 Å². The van der Waals surface area contributed by atoms with Gasteiger partial charge in [0.1, 0.15) is 5.82 Å². The summed E-state index contributed by atoms with van der Waals surface area (Å²) in [5.41, 5.74) is 0.482. The van der Waals surface area contributed by atoms with Crippen LogP contribution < -0.4 is 5.32 Å². The zero-order valence-electron chi connectivity index (χ0n) is 9.84. The first-order chi connectivity index (χ1) is 8.00. The van der Waals surface area contributed by atoms with Crippen LogP contribution in [0.15, 0.2) is 22.7 Å². The van der Waals surface area contributed by atoms with Crippen molar-refractivity contribution in [1.82, 2.24) is 5.32 Å². The standard InChI is InChI=1S/C13H17BrFNO/c1-9(16-8-13(17)5-2-6-13)11-4-3-10(15)7-12(11)14/h3-4,7,9,16-17H,2,5-6,8H2,1H3. The van der Waals surface area contributed by atoms with E-state index in [9.17, 15) is 9.50 Å². The highest BCUT2D eigenvalue weighted by Crippen LogP contribution is 2.32. The maximum atomic E-state index is 13.0. The van der Waals surface area contributed by atoms with Gasteiger partial charge in [-0.15, -0.1) is 0 Å². The molecule has 0 heterocycles. The molecule has 17 heavy (non-hydrogen) atoms. The molecule has 1 aliphatic carbocycles. The minimum Gasteiger partial charge on any atom is -0.389 e. The summed E-state index contributed by atoms with van der Waals surface area (Å²) >= 11 is 3.36. The van der Waals surface area contributed by atoms with E-state index in [0.29, 0.717) is 6.54 Å². The smallest absolute Gasteiger partial charge is 0.124 e. The molecule has 4 heteroatoms. The van der Waals surface area contributed by atoms with E-state index in [4.69, 9.17) is 0 Å². The van der Waals surface area contributed by atoms with Crippen molar-refractivity contribution in [2.45, 2.75) is 37.8 Å². The van der Waals surface area contributed by atoms with Crippen LogP contribution in [0.1, 0.15) is 37.8 Å². The number of aliphatic hydroxyl groups is 1. The molecule has 2 rings (SSSR count). The second-order valence-corrected chi connectivity index (χ2v) is 5.70. The van der Waals surface area contributed by atoms with E-state index < -0.39 is 5.60 Å². The topological polar surface area (TPSA) is 32.3 Å². The Morgan fingerprint density at radius 2 is 2.24 bits per heavy atom. The second kappa shape index (κ2) is 5.04. The number of hydrogen-bond donors (Lipinski definition) is 2. The molecule has 0 spiro atoms. The molecule has 2 nitrogen and oxygen atoms in total. The fourth-order valence-electron chi connectivity index (χ4n) is 2.07. The zero-order chi connectivity index (χ0) is 12.5. The van der Waals surface area contributed by atoms with Gasteiger partial charge >= 0.3 is 0 Å². The summed E-state index contributed by atoms with van der Waals surface area (Å²) in [6.45, 7) is 2.61. The van der Waals surface area contributed by atoms with Crippen molar-refractivity contribution in [3.8, 4) is 0 Å². The van der Waals surface area contributed by atoms with Crippen LogP contribution in [0.25, 0.3) is 0 Å². The van der Waals surface area contributed by atoms with Crippen molar-refractivity contribution in [1.29, 1.82) is 0 Å². The summed E-state index contributed by atoms with van der Waals surface area (Å²) in [5.74, 6) is -0.245. The van der Waals surface area contributed by atoms with Crippen molar-refractivity contribution < 1.29 is 9.50 Å². The molecule has 0 saturated heterocycles. The van der Waals surface area contributed by atoms with Gasteiger partial charge in [0.2, 0.25) is 0 Å². The Morgan fingerprint density at radius 1 is 1.53 bits per heavy atom. The van der Waals surface area contributed by atoms with Gasteiger partial charge in [0.25, 0.3) is 0 Å². The highest BCUT2D eigenvalue weighted by Gasteiger charge is 2.34. The lowest BCUT2D eigenvalue weighted by Gasteiger charge is -2.37. The van der Waals surface area contributed by atoms with Crippen LogP contribution in [0, 0.1) is 5.82 Å². The van der Waals surface area contributed by atoms with E-state index in [1.807, 2.05) is 6.92 Å². The lowest BCUT2D eigenvalue weighted by atomic mass is 9.80. The lowest BCUT2D eigenvalue weighted by molar-refractivity contribution is -0.0329. The minimum absolute atomic E-state index is 0.0922. The molecule has 0 bridgehead atoms. The van der Waals surface area contributed by atoms with E-state index in [1.165, 1.54) is 12.1 Å². The average molecular weight is 302 g/mol. The van der Waals surface area contributed by atoms with Crippen LogP contribution >= 0.6 is 15.9 Å². The molecular weight excluding hydrogens is 285 g/mol. The summed E-state index contributed by atoms with van der Waals surface area (Å²) in [4.78, 5) is 0. The van der Waals surface area contributed by atoms with E-state index in [-0.39, 0.29) is 11.9 Å². The Morgan fingerprint density at radius 3 is 2.76 bits per heavy atom. The van der Waals surface area contributed by atoms with Gasteiger partial charge in [-0.25, -0.2) is 4.39 Å². The van der Waals surface area contributed by atoms with Gasteiger partial charge in [0, 0.05) is 17.1 Å². The van der Waals surface area contributed by atoms with Crippen molar-refractivity contribution in [3.63, 3.8) is 0 Å². The molecule has 1 aromatic carbocycles. The molecule has 1 aliphatic rings. The molecular formula is C13H17BrFNO. The fraction of sp³-hybridized carbons (Fsp3) is 0.538. The summed E-state index contributed by atoms with van der Waals surface area (Å²) in [6, 6.07) is 4.78. The van der Waals surface area contributed by atoms with Gasteiger partial charge in [0.05, 0.1) is 5.60 Å². The molecule has 0 radical (unpaired) electrons. The van der Waals surface area contributed by atoms with Crippen LogP contribution in [-0.4, -0.2) is 17.3 Å². The third-order valence-electron chi connectivity index (χ3n) is 3.45. The van der Waals surface area contributed by atoms with Crippen LogP contribution in [0.3, 0.4) is 0 Å². The third kappa shape index (κ3) is 3.06. The lowest BCUT2D eigenvalue weighted by Crippen LogP contribution is -2.46. The van der Waals surface area contributed by atoms with Crippen LogP contribution in [0.4, 0.5) is 4.39 Å². The van der Waals surface area contributed by atoms with E-state index in [0.717, 1.165) is 29.3 Å². The zero-order valence-corrected chi connectivity index (χ0v) is 11.4. The maximum Gasteiger partial charge on any atom is 0.124 e. The van der Waals surface area contributed by atoms with Crippen molar-refractivity contribution in [3.05, 3.63) is 34.1 Å². The van der Waals surface area contributed by atoms with Gasteiger partial charge in [0.15, 0.2) is 0 Å². The Bertz CT molecular complexity index is 406. The number of hydrogen-bond acceptors (Lipinski definition) is 2. The molecule has 0 aliphatic heterocycles. The summed E-state index contributed by atoms with van der Waals surface area (Å²) in [6.07, 6.45) is 2.85. The number of nitrogens with one attached hydrogen (secondary N) is 1. The molecule has 1 saturated carbocycles. The molecule has 94 valence electrons. The normalized spacial score (nSPS) is 19.8. The van der Waals surface area contributed by atoms with Gasteiger partial charge in [-0.1, -0.05) is 22.0 Å². The van der Waals surface area contributed by atoms with Crippen molar-refractivity contribution in [2.24, 2.45) is 0 Å². The highest BCUT2D eigenvalue weighted by molar-refractivity contribution is 9.10. The highest BCUT2D eigenvalue weighted by atomic mass is 79.9. The van der Waals surface area contributed by atoms with Crippen molar-refractivity contribution >= 4 is 15.9 Å². The predicted molar refractivity (Wildman–Crippen MR) is 69.3 cm³/mol. The molecule has 0 amide bonds. The first-order valence-corrected chi connectivity index (χ1v) is 6.70. The van der Waals surface area contributed by atoms with E-state index >= 15 is 0 Å². The number of rotatable bonds is 4.